The van der Waals surface area contributed by atoms with Gasteiger partial charge in [-0.15, -0.1) is 0 Å². The van der Waals surface area contributed by atoms with Crippen LogP contribution in [0.25, 0.3) is 0 Å². The van der Waals surface area contributed by atoms with Gasteiger partial charge in [-0.2, -0.15) is 0 Å². The second kappa shape index (κ2) is 6.99. The van der Waals surface area contributed by atoms with E-state index in [1.54, 1.807) is 0 Å². The third kappa shape index (κ3) is 3.35. The molecule has 1 aliphatic heterocycles. The fourth-order valence-electron chi connectivity index (χ4n) is 4.45. The number of pyridine rings is 2. The van der Waals surface area contributed by atoms with E-state index in [0.29, 0.717) is 12.0 Å². The van der Waals surface area contributed by atoms with Gasteiger partial charge in [0.05, 0.1) is 18.9 Å². The summed E-state index contributed by atoms with van der Waals surface area (Å²) in [6, 6.07) is 10.3. The Morgan fingerprint density at radius 1 is 1.17 bits per heavy atom. The molecule has 1 saturated carbocycles. The van der Waals surface area contributed by atoms with Crippen LogP contribution in [-0.2, 0) is 17.9 Å². The molecule has 4 rings (SSSR count). The molecule has 0 radical (unpaired) electrons. The van der Waals surface area contributed by atoms with Crippen LogP contribution in [-0.4, -0.2) is 34.6 Å². The van der Waals surface area contributed by atoms with Crippen molar-refractivity contribution < 1.29 is 4.74 Å². The van der Waals surface area contributed by atoms with Gasteiger partial charge in [-0.05, 0) is 48.6 Å². The molecule has 4 nitrogen and oxygen atoms in total. The van der Waals surface area contributed by atoms with Gasteiger partial charge in [0, 0.05) is 43.6 Å². The van der Waals surface area contributed by atoms with E-state index in [4.69, 9.17) is 4.74 Å². The SMILES string of the molecule is c1ccc(CN2C[C@@H]3CCC[C@]3(COCc3ccncc3)C2)nc1. The summed E-state index contributed by atoms with van der Waals surface area (Å²) in [4.78, 5) is 11.1. The summed E-state index contributed by atoms with van der Waals surface area (Å²) in [5.41, 5.74) is 2.73. The maximum absolute atomic E-state index is 6.14. The number of aromatic nitrogens is 2. The highest BCUT2D eigenvalue weighted by Gasteiger charge is 2.49. The lowest BCUT2D eigenvalue weighted by Crippen LogP contribution is -2.32. The molecule has 1 saturated heterocycles. The molecule has 0 N–H and O–H groups in total. The summed E-state index contributed by atoms with van der Waals surface area (Å²) < 4.78 is 6.14. The number of nitrogens with zero attached hydrogens (tertiary/aromatic N) is 3. The highest BCUT2D eigenvalue weighted by molar-refractivity contribution is 5.09. The fraction of sp³-hybridized carbons (Fsp3) is 0.500. The van der Waals surface area contributed by atoms with Crippen LogP contribution in [0, 0.1) is 11.3 Å². The van der Waals surface area contributed by atoms with Crippen LogP contribution in [0.4, 0.5) is 0 Å². The second-order valence-electron chi connectivity index (χ2n) is 7.29. The maximum atomic E-state index is 6.14. The highest BCUT2D eigenvalue weighted by atomic mass is 16.5. The van der Waals surface area contributed by atoms with E-state index in [1.807, 2.05) is 36.8 Å². The summed E-state index contributed by atoms with van der Waals surface area (Å²) >= 11 is 0. The van der Waals surface area contributed by atoms with Crippen LogP contribution in [0.1, 0.15) is 30.5 Å². The largest absolute Gasteiger partial charge is 0.376 e. The van der Waals surface area contributed by atoms with Crippen molar-refractivity contribution in [3.8, 4) is 0 Å². The molecular formula is C20H25N3O. The van der Waals surface area contributed by atoms with E-state index in [2.05, 4.69) is 27.0 Å². The van der Waals surface area contributed by atoms with E-state index in [0.717, 1.165) is 25.6 Å². The monoisotopic (exact) mass is 323 g/mol. The molecule has 0 unspecified atom stereocenters. The Hall–Kier alpha value is -1.78. The zero-order valence-electron chi connectivity index (χ0n) is 14.1. The third-order valence-corrected chi connectivity index (χ3v) is 5.63. The molecule has 24 heavy (non-hydrogen) atoms. The van der Waals surface area contributed by atoms with Gasteiger partial charge in [-0.3, -0.25) is 14.9 Å². The standard InChI is InChI=1S/C20H25N3O/c1-2-9-22-19(5-1)13-23-12-18-4-3-8-20(18,15-23)16-24-14-17-6-10-21-11-7-17/h1-2,5-7,9-11,18H,3-4,8,12-16H2/t18-,20+/m0/s1. The molecule has 4 heteroatoms. The van der Waals surface area contributed by atoms with Crippen molar-refractivity contribution in [1.29, 1.82) is 0 Å². The van der Waals surface area contributed by atoms with Crippen molar-refractivity contribution in [2.24, 2.45) is 11.3 Å². The smallest absolute Gasteiger partial charge is 0.0718 e. The lowest BCUT2D eigenvalue weighted by atomic mass is 9.81. The van der Waals surface area contributed by atoms with Gasteiger partial charge in [0.1, 0.15) is 0 Å². The molecule has 0 aromatic carbocycles. The molecule has 3 heterocycles. The maximum Gasteiger partial charge on any atom is 0.0718 e. The van der Waals surface area contributed by atoms with E-state index >= 15 is 0 Å². The molecule has 0 spiro atoms. The first-order valence-corrected chi connectivity index (χ1v) is 8.93. The average Bonchev–Trinajstić information content (AvgIpc) is 3.13. The minimum Gasteiger partial charge on any atom is -0.376 e. The molecule has 2 aromatic rings. The van der Waals surface area contributed by atoms with Crippen LogP contribution in [0.5, 0.6) is 0 Å². The summed E-state index contributed by atoms with van der Waals surface area (Å²) in [6.07, 6.45) is 9.55. The lowest BCUT2D eigenvalue weighted by Gasteiger charge is -2.29. The number of hydrogen-bond acceptors (Lipinski definition) is 4. The highest BCUT2D eigenvalue weighted by Crippen LogP contribution is 2.49. The Bertz CT molecular complexity index is 648. The number of likely N-dealkylation sites (tertiary alicyclic amines) is 1. The van der Waals surface area contributed by atoms with Crippen LogP contribution < -0.4 is 0 Å². The number of hydrogen-bond donors (Lipinski definition) is 0. The van der Waals surface area contributed by atoms with Gasteiger partial charge >= 0.3 is 0 Å². The summed E-state index contributed by atoms with van der Waals surface area (Å²) in [5, 5.41) is 0. The quantitative estimate of drug-likeness (QED) is 0.817. The van der Waals surface area contributed by atoms with Gasteiger partial charge in [-0.25, -0.2) is 0 Å². The Morgan fingerprint density at radius 2 is 2.08 bits per heavy atom. The lowest BCUT2D eigenvalue weighted by molar-refractivity contribution is 0.0265. The molecule has 2 fully saturated rings. The summed E-state index contributed by atoms with van der Waals surface area (Å²) in [6.45, 7) is 4.86. The first-order valence-electron chi connectivity index (χ1n) is 8.93. The topological polar surface area (TPSA) is 38.2 Å². The number of ether oxygens (including phenoxy) is 1. The third-order valence-electron chi connectivity index (χ3n) is 5.63. The number of rotatable bonds is 6. The van der Waals surface area contributed by atoms with Crippen LogP contribution in [0.15, 0.2) is 48.9 Å². The van der Waals surface area contributed by atoms with Crippen LogP contribution >= 0.6 is 0 Å². The Labute approximate surface area is 143 Å². The van der Waals surface area contributed by atoms with Crippen molar-refractivity contribution in [3.05, 3.63) is 60.2 Å². The van der Waals surface area contributed by atoms with Crippen molar-refractivity contribution in [1.82, 2.24) is 14.9 Å². The van der Waals surface area contributed by atoms with Crippen LogP contribution in [0.3, 0.4) is 0 Å². The first-order chi connectivity index (χ1) is 11.8. The predicted octanol–water partition coefficient (Wildman–Crippen LogP) is 3.30. The molecule has 1 aliphatic carbocycles. The summed E-state index contributed by atoms with van der Waals surface area (Å²) in [7, 11) is 0. The van der Waals surface area contributed by atoms with Gasteiger partial charge in [0.15, 0.2) is 0 Å². The molecular weight excluding hydrogens is 298 g/mol. The average molecular weight is 323 g/mol. The molecule has 0 bridgehead atoms. The van der Waals surface area contributed by atoms with E-state index in [-0.39, 0.29) is 0 Å². The normalized spacial score (nSPS) is 26.6. The molecule has 2 aliphatic rings. The summed E-state index contributed by atoms with van der Waals surface area (Å²) in [5.74, 6) is 0.777. The van der Waals surface area contributed by atoms with E-state index in [9.17, 15) is 0 Å². The van der Waals surface area contributed by atoms with Gasteiger partial charge in [0.2, 0.25) is 0 Å². The Kier molecular flexibility index (Phi) is 4.58. The van der Waals surface area contributed by atoms with Crippen molar-refractivity contribution >= 4 is 0 Å². The molecule has 126 valence electrons. The van der Waals surface area contributed by atoms with Gasteiger partial charge in [-0.1, -0.05) is 12.5 Å². The zero-order chi connectivity index (χ0) is 16.2. The van der Waals surface area contributed by atoms with Gasteiger partial charge < -0.3 is 4.74 Å². The molecule has 2 atom stereocenters. The number of fused-ring (bicyclic) bond motifs is 1. The first kappa shape index (κ1) is 15.7. The zero-order valence-corrected chi connectivity index (χ0v) is 14.1. The Balaban J connectivity index is 1.36. The van der Waals surface area contributed by atoms with Crippen molar-refractivity contribution in [2.75, 3.05) is 19.7 Å². The van der Waals surface area contributed by atoms with Crippen LogP contribution in [0.2, 0.25) is 0 Å². The molecule has 2 aromatic heterocycles. The second-order valence-corrected chi connectivity index (χ2v) is 7.29. The van der Waals surface area contributed by atoms with E-state index in [1.165, 1.54) is 37.1 Å². The predicted molar refractivity (Wildman–Crippen MR) is 93.2 cm³/mol. The Morgan fingerprint density at radius 3 is 2.92 bits per heavy atom. The molecule has 0 amide bonds. The van der Waals surface area contributed by atoms with Crippen molar-refractivity contribution in [3.63, 3.8) is 0 Å². The van der Waals surface area contributed by atoms with Gasteiger partial charge in [0.25, 0.3) is 0 Å². The fourth-order valence-corrected chi connectivity index (χ4v) is 4.45. The minimum atomic E-state index is 0.349. The minimum absolute atomic E-state index is 0.349. The van der Waals surface area contributed by atoms with Crippen molar-refractivity contribution in [2.45, 2.75) is 32.4 Å². The van der Waals surface area contributed by atoms with E-state index < -0.39 is 0 Å².